The van der Waals surface area contributed by atoms with Crippen LogP contribution in [0, 0.1) is 0 Å². The highest BCUT2D eigenvalue weighted by atomic mass is 35.5. The minimum Gasteiger partial charge on any atom is -0.465 e. The van der Waals surface area contributed by atoms with Gasteiger partial charge in [0.25, 0.3) is 0 Å². The van der Waals surface area contributed by atoms with Crippen LogP contribution in [0.25, 0.3) is 0 Å². The van der Waals surface area contributed by atoms with Crippen molar-refractivity contribution in [3.05, 3.63) is 41.0 Å². The number of halogens is 1. The van der Waals surface area contributed by atoms with E-state index < -0.39 is 5.97 Å². The van der Waals surface area contributed by atoms with E-state index in [0.717, 1.165) is 25.9 Å². The lowest BCUT2D eigenvalue weighted by Crippen LogP contribution is -2.31. The molecule has 1 aliphatic heterocycles. The maximum atomic E-state index is 11.7. The Balaban J connectivity index is 1.82. The first-order valence-corrected chi connectivity index (χ1v) is 8.28. The quantitative estimate of drug-likeness (QED) is 0.852. The van der Waals surface area contributed by atoms with Crippen molar-refractivity contribution in [1.82, 2.24) is 9.97 Å². The molecular formula is C17H19ClN4O2. The molecule has 0 bridgehead atoms. The molecule has 2 aromatic rings. The highest BCUT2D eigenvalue weighted by Gasteiger charge is 2.14. The summed E-state index contributed by atoms with van der Waals surface area (Å²) in [5, 5.41) is 3.65. The fourth-order valence-corrected chi connectivity index (χ4v) is 2.83. The Labute approximate surface area is 145 Å². The summed E-state index contributed by atoms with van der Waals surface area (Å²) in [6.07, 6.45) is 5.30. The number of carbonyl (C=O) groups is 1. The average molecular weight is 347 g/mol. The van der Waals surface area contributed by atoms with Crippen molar-refractivity contribution in [2.75, 3.05) is 30.4 Å². The topological polar surface area (TPSA) is 67.3 Å². The third kappa shape index (κ3) is 3.76. The van der Waals surface area contributed by atoms with Gasteiger partial charge in [0.15, 0.2) is 0 Å². The van der Waals surface area contributed by atoms with Crippen molar-refractivity contribution < 1.29 is 9.53 Å². The second kappa shape index (κ2) is 7.49. The first-order chi connectivity index (χ1) is 11.7. The van der Waals surface area contributed by atoms with E-state index in [1.165, 1.54) is 13.5 Å². The van der Waals surface area contributed by atoms with Crippen LogP contribution in [-0.2, 0) is 4.74 Å². The molecule has 6 nitrogen and oxygen atoms in total. The predicted molar refractivity (Wildman–Crippen MR) is 94.2 cm³/mol. The van der Waals surface area contributed by atoms with E-state index in [-0.39, 0.29) is 0 Å². The van der Waals surface area contributed by atoms with E-state index in [1.54, 1.807) is 30.5 Å². The van der Waals surface area contributed by atoms with Gasteiger partial charge >= 0.3 is 5.97 Å². The normalized spacial score (nSPS) is 14.3. The van der Waals surface area contributed by atoms with Gasteiger partial charge in [0, 0.05) is 19.3 Å². The average Bonchev–Trinajstić information content (AvgIpc) is 2.64. The van der Waals surface area contributed by atoms with Crippen molar-refractivity contribution in [3.63, 3.8) is 0 Å². The summed E-state index contributed by atoms with van der Waals surface area (Å²) in [6, 6.07) is 6.70. The van der Waals surface area contributed by atoms with Gasteiger partial charge in [0.05, 0.1) is 23.4 Å². The maximum Gasteiger partial charge on any atom is 0.337 e. The van der Waals surface area contributed by atoms with E-state index in [4.69, 9.17) is 16.3 Å². The van der Waals surface area contributed by atoms with Crippen molar-refractivity contribution in [3.8, 4) is 0 Å². The molecule has 0 unspecified atom stereocenters. The summed E-state index contributed by atoms with van der Waals surface area (Å²) < 4.78 is 4.74. The molecule has 1 aliphatic rings. The number of hydrogen-bond acceptors (Lipinski definition) is 6. The lowest BCUT2D eigenvalue weighted by atomic mass is 10.1. The molecule has 0 atom stereocenters. The second-order valence-corrected chi connectivity index (χ2v) is 6.01. The van der Waals surface area contributed by atoms with Crippen LogP contribution in [0.15, 0.2) is 30.5 Å². The van der Waals surface area contributed by atoms with Crippen LogP contribution in [0.5, 0.6) is 0 Å². The standard InChI is InChI=1S/C17H19ClN4O2/c1-24-16(23)12-5-6-13(18)14(11-12)20-15-7-8-19-17(21-15)22-9-3-2-4-10-22/h5-8,11H,2-4,9-10H2,1H3,(H,19,20,21). The number of nitrogens with zero attached hydrogens (tertiary/aromatic N) is 3. The number of methoxy groups -OCH3 is 1. The molecule has 1 fully saturated rings. The predicted octanol–water partition coefficient (Wildman–Crippen LogP) is 3.65. The van der Waals surface area contributed by atoms with Crippen molar-refractivity contribution in [2.45, 2.75) is 19.3 Å². The molecule has 126 valence electrons. The summed E-state index contributed by atoms with van der Waals surface area (Å²) in [5.74, 6) is 0.931. The van der Waals surface area contributed by atoms with E-state index in [9.17, 15) is 4.79 Å². The number of benzene rings is 1. The number of anilines is 3. The first kappa shape index (κ1) is 16.5. The number of rotatable bonds is 4. The molecule has 1 aromatic heterocycles. The van der Waals surface area contributed by atoms with Crippen LogP contribution in [0.3, 0.4) is 0 Å². The van der Waals surface area contributed by atoms with Gasteiger partial charge in [-0.2, -0.15) is 4.98 Å². The van der Waals surface area contributed by atoms with Gasteiger partial charge in [-0.05, 0) is 43.5 Å². The van der Waals surface area contributed by atoms with Crippen molar-refractivity contribution in [2.24, 2.45) is 0 Å². The molecule has 0 spiro atoms. The van der Waals surface area contributed by atoms with E-state index in [0.29, 0.717) is 28.0 Å². The smallest absolute Gasteiger partial charge is 0.337 e. The lowest BCUT2D eigenvalue weighted by molar-refractivity contribution is 0.0601. The van der Waals surface area contributed by atoms with Crippen LogP contribution in [0.2, 0.25) is 5.02 Å². The number of aromatic nitrogens is 2. The van der Waals surface area contributed by atoms with E-state index in [1.807, 2.05) is 0 Å². The van der Waals surface area contributed by atoms with Crippen LogP contribution in [-0.4, -0.2) is 36.1 Å². The highest BCUT2D eigenvalue weighted by Crippen LogP contribution is 2.27. The number of piperidine rings is 1. The number of esters is 1. The van der Waals surface area contributed by atoms with Crippen LogP contribution >= 0.6 is 11.6 Å². The molecule has 24 heavy (non-hydrogen) atoms. The zero-order valence-corrected chi connectivity index (χ0v) is 14.2. The number of nitrogens with one attached hydrogen (secondary N) is 1. The summed E-state index contributed by atoms with van der Waals surface area (Å²) in [5.41, 5.74) is 1.03. The molecule has 0 saturated carbocycles. The van der Waals surface area contributed by atoms with Crippen LogP contribution in [0.4, 0.5) is 17.5 Å². The SMILES string of the molecule is COC(=O)c1ccc(Cl)c(Nc2ccnc(N3CCCCC3)n2)c1. The lowest BCUT2D eigenvalue weighted by Gasteiger charge is -2.26. The van der Waals surface area contributed by atoms with Gasteiger partial charge in [0.2, 0.25) is 5.95 Å². The largest absolute Gasteiger partial charge is 0.465 e. The Morgan fingerprint density at radius 3 is 2.79 bits per heavy atom. The minimum atomic E-state index is -0.411. The minimum absolute atomic E-state index is 0.411. The molecule has 0 amide bonds. The first-order valence-electron chi connectivity index (χ1n) is 7.90. The summed E-state index contributed by atoms with van der Waals surface area (Å²) in [7, 11) is 1.35. The fraction of sp³-hybridized carbons (Fsp3) is 0.353. The Kier molecular flexibility index (Phi) is 5.15. The maximum absolute atomic E-state index is 11.7. The zero-order chi connectivity index (χ0) is 16.9. The summed E-state index contributed by atoms with van der Waals surface area (Å²) in [6.45, 7) is 1.95. The van der Waals surface area contributed by atoms with Gasteiger partial charge in [-0.25, -0.2) is 9.78 Å². The summed E-state index contributed by atoms with van der Waals surface area (Å²) >= 11 is 6.21. The molecule has 3 rings (SSSR count). The number of hydrogen-bond donors (Lipinski definition) is 1. The van der Waals surface area contributed by atoms with Gasteiger partial charge in [-0.15, -0.1) is 0 Å². The van der Waals surface area contributed by atoms with Gasteiger partial charge in [-0.1, -0.05) is 11.6 Å². The van der Waals surface area contributed by atoms with E-state index in [2.05, 4.69) is 20.2 Å². The van der Waals surface area contributed by atoms with Gasteiger partial charge in [-0.3, -0.25) is 0 Å². The van der Waals surface area contributed by atoms with E-state index >= 15 is 0 Å². The fourth-order valence-electron chi connectivity index (χ4n) is 2.67. The molecular weight excluding hydrogens is 328 g/mol. The van der Waals surface area contributed by atoms with Gasteiger partial charge < -0.3 is 15.0 Å². The highest BCUT2D eigenvalue weighted by molar-refractivity contribution is 6.33. The monoisotopic (exact) mass is 346 g/mol. The van der Waals surface area contributed by atoms with Gasteiger partial charge in [0.1, 0.15) is 5.82 Å². The van der Waals surface area contributed by atoms with Crippen molar-refractivity contribution in [1.29, 1.82) is 0 Å². The van der Waals surface area contributed by atoms with Crippen LogP contribution < -0.4 is 10.2 Å². The zero-order valence-electron chi connectivity index (χ0n) is 13.5. The molecule has 0 aliphatic carbocycles. The molecule has 1 saturated heterocycles. The third-order valence-electron chi connectivity index (χ3n) is 3.93. The summed E-state index contributed by atoms with van der Waals surface area (Å²) in [4.78, 5) is 22.8. The second-order valence-electron chi connectivity index (χ2n) is 5.60. The molecule has 0 radical (unpaired) electrons. The molecule has 1 aromatic carbocycles. The Bertz CT molecular complexity index is 732. The number of carbonyl (C=O) groups excluding carboxylic acids is 1. The Morgan fingerprint density at radius 1 is 1.25 bits per heavy atom. The Morgan fingerprint density at radius 2 is 2.04 bits per heavy atom. The molecule has 7 heteroatoms. The molecule has 1 N–H and O–H groups in total. The molecule has 2 heterocycles. The van der Waals surface area contributed by atoms with Crippen LogP contribution in [0.1, 0.15) is 29.6 Å². The Hall–Kier alpha value is -2.34. The van der Waals surface area contributed by atoms with Crippen molar-refractivity contribution >= 4 is 35.0 Å². The third-order valence-corrected chi connectivity index (χ3v) is 4.26. The number of ether oxygens (including phenoxy) is 1.